The van der Waals surface area contributed by atoms with Gasteiger partial charge in [-0.05, 0) is 47.0 Å². The van der Waals surface area contributed by atoms with Crippen LogP contribution in [0.2, 0.25) is 0 Å². The molecular weight excluding hydrogens is 286 g/mol. The molecule has 1 saturated carbocycles. The second-order valence-electron chi connectivity index (χ2n) is 6.06. The van der Waals surface area contributed by atoms with Crippen LogP contribution in [0.25, 0.3) is 0 Å². The molecule has 0 spiro atoms. The Labute approximate surface area is 130 Å². The fraction of sp³-hybridized carbons (Fsp3) is 0.733. The summed E-state index contributed by atoms with van der Waals surface area (Å²) in [4.78, 5) is 33.8. The average Bonchev–Trinajstić information content (AvgIpc) is 2.82. The molecule has 1 atom stereocenters. The highest BCUT2D eigenvalue weighted by Gasteiger charge is 2.32. The van der Waals surface area contributed by atoms with Crippen molar-refractivity contribution in [2.75, 3.05) is 5.75 Å². The van der Waals surface area contributed by atoms with Gasteiger partial charge in [0.25, 0.3) is 0 Å². The van der Waals surface area contributed by atoms with E-state index in [-0.39, 0.29) is 23.9 Å². The number of urea groups is 1. The van der Waals surface area contributed by atoms with E-state index in [0.29, 0.717) is 5.75 Å². The lowest BCUT2D eigenvalue weighted by Gasteiger charge is -2.31. The van der Waals surface area contributed by atoms with Crippen molar-refractivity contribution >= 4 is 34.5 Å². The molecule has 1 aliphatic heterocycles. The van der Waals surface area contributed by atoms with Crippen LogP contribution in [0.5, 0.6) is 0 Å². The van der Waals surface area contributed by atoms with Gasteiger partial charge in [-0.25, -0.2) is 9.79 Å². The first-order valence-electron chi connectivity index (χ1n) is 7.54. The van der Waals surface area contributed by atoms with Crippen LogP contribution in [0, 0.1) is 5.92 Å². The maximum Gasteiger partial charge on any atom is 0.367 e. The van der Waals surface area contributed by atoms with Crippen LogP contribution in [0.3, 0.4) is 0 Å². The SMILES string of the molecule is CC(C)N(C(=O)CSC1=NC(=O)N=C2CCCC21)C(C)C. The van der Waals surface area contributed by atoms with Crippen molar-refractivity contribution in [2.24, 2.45) is 15.9 Å². The lowest BCUT2D eigenvalue weighted by molar-refractivity contribution is -0.131. The van der Waals surface area contributed by atoms with Gasteiger partial charge in [0, 0.05) is 23.7 Å². The number of rotatable bonds is 4. The summed E-state index contributed by atoms with van der Waals surface area (Å²) >= 11 is 1.41. The zero-order valence-electron chi connectivity index (χ0n) is 13.1. The van der Waals surface area contributed by atoms with Crippen LogP contribution in [0.1, 0.15) is 47.0 Å². The molecule has 5 nitrogen and oxygen atoms in total. The molecule has 0 bridgehead atoms. The minimum atomic E-state index is -0.414. The summed E-state index contributed by atoms with van der Waals surface area (Å²) in [5, 5.41) is 0.781. The maximum absolute atomic E-state index is 12.4. The van der Waals surface area contributed by atoms with Gasteiger partial charge in [0.05, 0.1) is 10.8 Å². The van der Waals surface area contributed by atoms with E-state index >= 15 is 0 Å². The molecule has 116 valence electrons. The molecule has 1 heterocycles. The zero-order chi connectivity index (χ0) is 15.6. The molecule has 2 rings (SSSR count). The maximum atomic E-state index is 12.4. The smallest absolute Gasteiger partial charge is 0.337 e. The van der Waals surface area contributed by atoms with E-state index in [1.807, 2.05) is 32.6 Å². The van der Waals surface area contributed by atoms with E-state index in [9.17, 15) is 9.59 Å². The first-order chi connectivity index (χ1) is 9.90. The third-order valence-electron chi connectivity index (χ3n) is 3.82. The molecule has 0 radical (unpaired) electrons. The fourth-order valence-corrected chi connectivity index (χ4v) is 4.08. The highest BCUT2D eigenvalue weighted by Crippen LogP contribution is 2.31. The fourth-order valence-electron chi connectivity index (χ4n) is 3.06. The van der Waals surface area contributed by atoms with Gasteiger partial charge >= 0.3 is 6.03 Å². The van der Waals surface area contributed by atoms with Crippen LogP contribution < -0.4 is 0 Å². The second-order valence-corrected chi connectivity index (χ2v) is 7.05. The molecule has 6 heteroatoms. The summed E-state index contributed by atoms with van der Waals surface area (Å²) in [6.07, 6.45) is 2.92. The normalized spacial score (nSPS) is 21.4. The number of nitrogens with zero attached hydrogens (tertiary/aromatic N) is 3. The van der Waals surface area contributed by atoms with E-state index in [0.717, 1.165) is 30.0 Å². The van der Waals surface area contributed by atoms with Gasteiger partial charge < -0.3 is 4.90 Å². The van der Waals surface area contributed by atoms with E-state index in [2.05, 4.69) is 9.98 Å². The Bertz CT molecular complexity index is 489. The molecular formula is C15H23N3O2S. The Kier molecular flexibility index (Phi) is 5.19. The molecule has 21 heavy (non-hydrogen) atoms. The molecule has 0 N–H and O–H groups in total. The molecule has 1 aliphatic carbocycles. The molecule has 0 saturated heterocycles. The number of fused-ring (bicyclic) bond motifs is 1. The Morgan fingerprint density at radius 1 is 1.29 bits per heavy atom. The lowest BCUT2D eigenvalue weighted by Crippen LogP contribution is -2.43. The van der Waals surface area contributed by atoms with Crippen molar-refractivity contribution in [3.8, 4) is 0 Å². The van der Waals surface area contributed by atoms with Crippen molar-refractivity contribution in [3.63, 3.8) is 0 Å². The summed E-state index contributed by atoms with van der Waals surface area (Å²) in [6.45, 7) is 8.08. The number of aliphatic imine (C=N–C) groups is 2. The van der Waals surface area contributed by atoms with Gasteiger partial charge in [-0.1, -0.05) is 11.8 Å². The molecule has 0 aromatic heterocycles. The third-order valence-corrected chi connectivity index (χ3v) is 4.88. The molecule has 1 fully saturated rings. The Balaban J connectivity index is 1.99. The molecule has 2 aliphatic rings. The van der Waals surface area contributed by atoms with Gasteiger partial charge in [0.15, 0.2) is 0 Å². The first-order valence-corrected chi connectivity index (χ1v) is 8.52. The summed E-state index contributed by atoms with van der Waals surface area (Å²) in [7, 11) is 0. The van der Waals surface area contributed by atoms with Gasteiger partial charge in [-0.15, -0.1) is 0 Å². The molecule has 3 amide bonds. The lowest BCUT2D eigenvalue weighted by atomic mass is 10.1. The average molecular weight is 309 g/mol. The molecule has 1 unspecified atom stereocenters. The predicted octanol–water partition coefficient (Wildman–Crippen LogP) is 3.14. The summed E-state index contributed by atoms with van der Waals surface area (Å²) in [6, 6.07) is -0.0593. The first kappa shape index (κ1) is 16.2. The van der Waals surface area contributed by atoms with Crippen LogP contribution in [0.15, 0.2) is 9.98 Å². The highest BCUT2D eigenvalue weighted by molar-refractivity contribution is 8.14. The number of hydrogen-bond acceptors (Lipinski definition) is 3. The van der Waals surface area contributed by atoms with Crippen molar-refractivity contribution in [1.82, 2.24) is 4.90 Å². The topological polar surface area (TPSA) is 62.1 Å². The quantitative estimate of drug-likeness (QED) is 0.801. The monoisotopic (exact) mass is 309 g/mol. The van der Waals surface area contributed by atoms with Crippen LogP contribution >= 0.6 is 11.8 Å². The summed E-state index contributed by atoms with van der Waals surface area (Å²) < 4.78 is 0. The molecule has 0 aromatic rings. The third kappa shape index (κ3) is 3.73. The number of carbonyl (C=O) groups is 2. The van der Waals surface area contributed by atoms with Crippen molar-refractivity contribution < 1.29 is 9.59 Å². The van der Waals surface area contributed by atoms with E-state index in [1.165, 1.54) is 11.8 Å². The van der Waals surface area contributed by atoms with Crippen molar-refractivity contribution in [2.45, 2.75) is 59.0 Å². The minimum Gasteiger partial charge on any atom is -0.337 e. The summed E-state index contributed by atoms with van der Waals surface area (Å²) in [5.41, 5.74) is 0.953. The number of carbonyl (C=O) groups excluding carboxylic acids is 2. The Morgan fingerprint density at radius 2 is 1.95 bits per heavy atom. The Morgan fingerprint density at radius 3 is 2.57 bits per heavy atom. The largest absolute Gasteiger partial charge is 0.367 e. The van der Waals surface area contributed by atoms with Crippen LogP contribution in [0.4, 0.5) is 4.79 Å². The molecule has 0 aromatic carbocycles. The van der Waals surface area contributed by atoms with Crippen molar-refractivity contribution in [1.29, 1.82) is 0 Å². The standard InChI is InChI=1S/C15H23N3O2S/c1-9(2)18(10(3)4)13(19)8-21-14-11-6-5-7-12(11)16-15(20)17-14/h9-11H,5-8H2,1-4H3. The minimum absolute atomic E-state index is 0.0993. The summed E-state index contributed by atoms with van der Waals surface area (Å²) in [5.74, 6) is 0.612. The predicted molar refractivity (Wildman–Crippen MR) is 87.2 cm³/mol. The Hall–Kier alpha value is -1.17. The van der Waals surface area contributed by atoms with Gasteiger partial charge in [-0.3, -0.25) is 4.79 Å². The van der Waals surface area contributed by atoms with Gasteiger partial charge in [-0.2, -0.15) is 4.99 Å². The number of thioether (sulfide) groups is 1. The number of hydrogen-bond donors (Lipinski definition) is 0. The van der Waals surface area contributed by atoms with Gasteiger partial charge in [0.1, 0.15) is 0 Å². The van der Waals surface area contributed by atoms with Crippen molar-refractivity contribution in [3.05, 3.63) is 0 Å². The van der Waals surface area contributed by atoms with Gasteiger partial charge in [0.2, 0.25) is 5.91 Å². The van der Waals surface area contributed by atoms with Crippen LogP contribution in [-0.2, 0) is 4.79 Å². The zero-order valence-corrected chi connectivity index (χ0v) is 13.9. The van der Waals surface area contributed by atoms with E-state index < -0.39 is 6.03 Å². The second kappa shape index (κ2) is 6.73. The van der Waals surface area contributed by atoms with E-state index in [1.54, 1.807) is 0 Å². The number of amides is 3. The van der Waals surface area contributed by atoms with E-state index in [4.69, 9.17) is 0 Å². The van der Waals surface area contributed by atoms with Crippen LogP contribution in [-0.4, -0.2) is 45.4 Å². The highest BCUT2D eigenvalue weighted by atomic mass is 32.2.